The number of hydrogen-bond acceptors (Lipinski definition) is 4. The number of amides is 2. The number of nitrogens with zero attached hydrogens (tertiary/aromatic N) is 3. The lowest BCUT2D eigenvalue weighted by Gasteiger charge is -2.30. The number of rotatable bonds is 6. The third-order valence-electron chi connectivity index (χ3n) is 6.34. The van der Waals surface area contributed by atoms with Gasteiger partial charge in [-0.1, -0.05) is 31.4 Å². The normalized spacial score (nSPS) is 15.1. The molecule has 33 heavy (non-hydrogen) atoms. The average Bonchev–Trinajstić information content (AvgIpc) is 3.24. The highest BCUT2D eigenvalue weighted by Gasteiger charge is 2.31. The second-order valence-electron chi connectivity index (χ2n) is 8.66. The molecule has 0 bridgehead atoms. The van der Waals surface area contributed by atoms with Gasteiger partial charge in [-0.3, -0.25) is 14.3 Å². The summed E-state index contributed by atoms with van der Waals surface area (Å²) < 4.78 is 2.28. The van der Waals surface area contributed by atoms with Gasteiger partial charge in [-0.15, -0.1) is 0 Å². The minimum absolute atomic E-state index is 0.0981. The second-order valence-corrected chi connectivity index (χ2v) is 8.66. The summed E-state index contributed by atoms with van der Waals surface area (Å²) in [5.41, 5.74) is 3.87. The van der Waals surface area contributed by atoms with Gasteiger partial charge in [-0.25, -0.2) is 0 Å². The minimum Gasteiger partial charge on any atom is -0.619 e. The van der Waals surface area contributed by atoms with E-state index in [1.165, 1.54) is 17.1 Å². The maximum absolute atomic E-state index is 13.3. The van der Waals surface area contributed by atoms with E-state index in [0.717, 1.165) is 53.5 Å². The van der Waals surface area contributed by atoms with Gasteiger partial charge in [-0.2, -0.15) is 9.83 Å². The molecule has 8 nitrogen and oxygen atoms in total. The molecule has 0 unspecified atom stereocenters. The molecule has 1 atom stereocenters. The van der Waals surface area contributed by atoms with E-state index in [0.29, 0.717) is 11.4 Å². The molecule has 3 aromatic rings. The Hall–Kier alpha value is -3.68. The maximum atomic E-state index is 13.3. The van der Waals surface area contributed by atoms with Crippen molar-refractivity contribution < 1.29 is 14.3 Å². The number of benzene rings is 1. The lowest BCUT2D eigenvalue weighted by Crippen LogP contribution is -2.49. The molecule has 2 heterocycles. The van der Waals surface area contributed by atoms with Crippen LogP contribution in [0.1, 0.15) is 48.2 Å². The summed E-state index contributed by atoms with van der Waals surface area (Å²) in [5, 5.41) is 21.4. The molecule has 1 aliphatic rings. The van der Waals surface area contributed by atoms with Crippen LogP contribution in [-0.2, 0) is 11.8 Å². The van der Waals surface area contributed by atoms with Crippen molar-refractivity contribution in [2.24, 2.45) is 13.0 Å². The predicted molar refractivity (Wildman–Crippen MR) is 125 cm³/mol. The lowest BCUT2D eigenvalue weighted by molar-refractivity contribution is -0.605. The first kappa shape index (κ1) is 22.5. The fourth-order valence-corrected chi connectivity index (χ4v) is 4.54. The van der Waals surface area contributed by atoms with Gasteiger partial charge in [0.15, 0.2) is 12.4 Å². The summed E-state index contributed by atoms with van der Waals surface area (Å²) in [6, 6.07) is 10.3. The number of aromatic nitrogens is 3. The van der Waals surface area contributed by atoms with Gasteiger partial charge in [0, 0.05) is 30.6 Å². The summed E-state index contributed by atoms with van der Waals surface area (Å²) >= 11 is 0. The zero-order valence-electron chi connectivity index (χ0n) is 19.0. The Morgan fingerprint density at radius 3 is 2.48 bits per heavy atom. The van der Waals surface area contributed by atoms with Crippen LogP contribution >= 0.6 is 0 Å². The van der Waals surface area contributed by atoms with Crippen molar-refractivity contribution in [1.82, 2.24) is 15.1 Å². The predicted octanol–water partition coefficient (Wildman–Crippen LogP) is 3.35. The van der Waals surface area contributed by atoms with Crippen LogP contribution in [0, 0.1) is 18.0 Å². The molecule has 0 saturated heterocycles. The zero-order valence-corrected chi connectivity index (χ0v) is 19.0. The van der Waals surface area contributed by atoms with Gasteiger partial charge in [0.1, 0.15) is 11.7 Å². The molecule has 0 spiro atoms. The van der Waals surface area contributed by atoms with E-state index in [1.54, 1.807) is 25.4 Å². The molecular formula is C25H29N5O3. The standard InChI is InChI=1S/C25H29N5O3/c1-17-16-30(33)15-13-21(17)18-8-10-20(11-9-18)27-25(32)23(19-6-4-3-5-7-19)28-24(31)22-12-14-26-29(22)2/h8-16,19,23H,3-7H2,1-2H3,(H,27,32)(H,28,31)/t23-/m0/s1. The molecule has 0 radical (unpaired) electrons. The quantitative estimate of drug-likeness (QED) is 0.447. The first-order valence-corrected chi connectivity index (χ1v) is 11.3. The number of carbonyl (C=O) groups is 2. The van der Waals surface area contributed by atoms with E-state index in [2.05, 4.69) is 15.7 Å². The van der Waals surface area contributed by atoms with Gasteiger partial charge >= 0.3 is 0 Å². The largest absolute Gasteiger partial charge is 0.619 e. The fraction of sp³-hybridized carbons (Fsp3) is 0.360. The van der Waals surface area contributed by atoms with Crippen molar-refractivity contribution in [3.63, 3.8) is 0 Å². The highest BCUT2D eigenvalue weighted by atomic mass is 16.5. The van der Waals surface area contributed by atoms with E-state index in [1.807, 2.05) is 31.2 Å². The summed E-state index contributed by atoms with van der Waals surface area (Å²) in [6.07, 6.45) is 9.67. The van der Waals surface area contributed by atoms with Crippen molar-refractivity contribution in [2.75, 3.05) is 5.32 Å². The summed E-state index contributed by atoms with van der Waals surface area (Å²) in [5.74, 6) is -0.416. The van der Waals surface area contributed by atoms with Crippen LogP contribution in [0.15, 0.2) is 55.0 Å². The number of pyridine rings is 1. The van der Waals surface area contributed by atoms with Crippen LogP contribution in [0.4, 0.5) is 5.69 Å². The second kappa shape index (κ2) is 9.85. The van der Waals surface area contributed by atoms with E-state index in [-0.39, 0.29) is 17.7 Å². The number of aryl methyl sites for hydroxylation is 2. The number of anilines is 1. The van der Waals surface area contributed by atoms with Crippen LogP contribution < -0.4 is 15.4 Å². The fourth-order valence-electron chi connectivity index (χ4n) is 4.54. The molecule has 0 aliphatic heterocycles. The smallest absolute Gasteiger partial charge is 0.270 e. The van der Waals surface area contributed by atoms with Gasteiger partial charge < -0.3 is 15.8 Å². The van der Waals surface area contributed by atoms with Crippen LogP contribution in [0.3, 0.4) is 0 Å². The molecular weight excluding hydrogens is 418 g/mol. The van der Waals surface area contributed by atoms with Crippen molar-refractivity contribution in [1.29, 1.82) is 0 Å². The SMILES string of the molecule is Cc1c[n+]([O-])ccc1-c1ccc(NC(=O)[C@@H](NC(=O)c2ccnn2C)C2CCCCC2)cc1. The van der Waals surface area contributed by atoms with Crippen LogP contribution in [0.5, 0.6) is 0 Å². The van der Waals surface area contributed by atoms with Crippen LogP contribution in [0.25, 0.3) is 11.1 Å². The van der Waals surface area contributed by atoms with Crippen molar-refractivity contribution in [3.8, 4) is 11.1 Å². The monoisotopic (exact) mass is 447 g/mol. The highest BCUT2D eigenvalue weighted by molar-refractivity contribution is 6.00. The molecule has 8 heteroatoms. The van der Waals surface area contributed by atoms with Gasteiger partial charge in [0.2, 0.25) is 5.91 Å². The average molecular weight is 448 g/mol. The zero-order chi connectivity index (χ0) is 23.4. The number of carbonyl (C=O) groups excluding carboxylic acids is 2. The lowest BCUT2D eigenvalue weighted by atomic mass is 9.83. The Kier molecular flexibility index (Phi) is 6.72. The van der Waals surface area contributed by atoms with Crippen molar-refractivity contribution in [3.05, 3.63) is 71.5 Å². The summed E-state index contributed by atoms with van der Waals surface area (Å²) in [7, 11) is 1.71. The summed E-state index contributed by atoms with van der Waals surface area (Å²) in [4.78, 5) is 26.1. The van der Waals surface area contributed by atoms with E-state index >= 15 is 0 Å². The highest BCUT2D eigenvalue weighted by Crippen LogP contribution is 2.28. The molecule has 1 aliphatic carbocycles. The first-order valence-electron chi connectivity index (χ1n) is 11.3. The van der Waals surface area contributed by atoms with E-state index in [9.17, 15) is 14.8 Å². The molecule has 4 rings (SSSR count). The van der Waals surface area contributed by atoms with Gasteiger partial charge in [0.25, 0.3) is 5.91 Å². The minimum atomic E-state index is -0.615. The molecule has 2 aromatic heterocycles. The number of hydrogen-bond donors (Lipinski definition) is 2. The maximum Gasteiger partial charge on any atom is 0.270 e. The van der Waals surface area contributed by atoms with Crippen molar-refractivity contribution in [2.45, 2.75) is 45.1 Å². The third-order valence-corrected chi connectivity index (χ3v) is 6.34. The number of nitrogens with one attached hydrogen (secondary N) is 2. The topological polar surface area (TPSA) is 103 Å². The Labute approximate surface area is 193 Å². The molecule has 1 aromatic carbocycles. The molecule has 1 fully saturated rings. The molecule has 1 saturated carbocycles. The van der Waals surface area contributed by atoms with Gasteiger partial charge in [-0.05, 0) is 55.0 Å². The summed E-state index contributed by atoms with van der Waals surface area (Å²) in [6.45, 7) is 1.89. The van der Waals surface area contributed by atoms with Crippen LogP contribution in [-0.4, -0.2) is 27.6 Å². The Morgan fingerprint density at radius 1 is 1.12 bits per heavy atom. The first-order chi connectivity index (χ1) is 15.9. The van der Waals surface area contributed by atoms with E-state index in [4.69, 9.17) is 0 Å². The Balaban J connectivity index is 1.50. The molecule has 2 N–H and O–H groups in total. The van der Waals surface area contributed by atoms with Crippen LogP contribution in [0.2, 0.25) is 0 Å². The van der Waals surface area contributed by atoms with Crippen molar-refractivity contribution >= 4 is 17.5 Å². The van der Waals surface area contributed by atoms with Gasteiger partial charge in [0.05, 0.1) is 0 Å². The third kappa shape index (κ3) is 5.22. The van der Waals surface area contributed by atoms with E-state index < -0.39 is 6.04 Å². The Bertz CT molecular complexity index is 1130. The Morgan fingerprint density at radius 2 is 1.85 bits per heavy atom. The molecule has 172 valence electrons. The molecule has 2 amide bonds.